The second-order valence-corrected chi connectivity index (χ2v) is 10.3. The first-order valence-electron chi connectivity index (χ1n) is 13.6. The van der Waals surface area contributed by atoms with Gasteiger partial charge >= 0.3 is 0 Å². The number of hydrogen-bond acceptors (Lipinski definition) is 2. The lowest BCUT2D eigenvalue weighted by Gasteiger charge is -2.40. The first-order valence-corrected chi connectivity index (χ1v) is 13.6. The number of carbonyl (C=O) groups is 2. The average Bonchev–Trinajstić information content (AvgIpc) is 3.50. The van der Waals surface area contributed by atoms with Gasteiger partial charge in [-0.3, -0.25) is 14.5 Å². The van der Waals surface area contributed by atoms with Gasteiger partial charge in [0.05, 0.1) is 17.1 Å². The third kappa shape index (κ3) is 4.60. The van der Waals surface area contributed by atoms with Crippen LogP contribution in [0.15, 0.2) is 128 Å². The molecule has 1 unspecified atom stereocenters. The minimum atomic E-state index is -0.312. The first kappa shape index (κ1) is 25.4. The molecule has 5 heteroatoms. The summed E-state index contributed by atoms with van der Waals surface area (Å²) in [7, 11) is 0. The zero-order valence-electron chi connectivity index (χ0n) is 22.6. The molecule has 2 heterocycles. The van der Waals surface area contributed by atoms with E-state index in [2.05, 4.69) is 22.8 Å². The Balaban J connectivity index is 1.33. The van der Waals surface area contributed by atoms with Crippen molar-refractivity contribution >= 4 is 17.5 Å². The molecule has 4 aromatic carbocycles. The highest BCUT2D eigenvalue weighted by atomic mass is 16.2. The molecule has 5 nitrogen and oxygen atoms in total. The van der Waals surface area contributed by atoms with E-state index in [-0.39, 0.29) is 30.4 Å². The van der Waals surface area contributed by atoms with Gasteiger partial charge in [-0.1, -0.05) is 84.9 Å². The van der Waals surface area contributed by atoms with E-state index in [0.29, 0.717) is 5.56 Å². The summed E-state index contributed by atoms with van der Waals surface area (Å²) in [6.07, 6.45) is 2.04. The maximum absolute atomic E-state index is 14.3. The molecule has 5 aromatic rings. The van der Waals surface area contributed by atoms with Crippen LogP contribution in [-0.4, -0.2) is 33.9 Å². The normalized spacial score (nSPS) is 14.0. The van der Waals surface area contributed by atoms with Gasteiger partial charge in [0.2, 0.25) is 5.91 Å². The van der Waals surface area contributed by atoms with Crippen molar-refractivity contribution in [3.05, 3.63) is 144 Å². The Morgan fingerprint density at radius 3 is 1.98 bits per heavy atom. The summed E-state index contributed by atoms with van der Waals surface area (Å²) >= 11 is 0. The highest BCUT2D eigenvalue weighted by Crippen LogP contribution is 2.42. The molecule has 0 saturated heterocycles. The minimum absolute atomic E-state index is 0.0324. The highest BCUT2D eigenvalue weighted by Gasteiger charge is 2.37. The van der Waals surface area contributed by atoms with E-state index >= 15 is 0 Å². The van der Waals surface area contributed by atoms with Gasteiger partial charge in [0, 0.05) is 17.8 Å². The molecule has 6 rings (SSSR count). The van der Waals surface area contributed by atoms with Crippen LogP contribution < -0.4 is 4.90 Å². The number of carbonyl (C=O) groups excluding carboxylic acids is 2. The van der Waals surface area contributed by atoms with Crippen molar-refractivity contribution in [1.29, 1.82) is 0 Å². The Morgan fingerprint density at radius 2 is 1.30 bits per heavy atom. The standard InChI is InChI=1S/C35H31N3O2/c1-25(2)37(35(40)29-21-19-27(20-22-29)26-12-5-3-6-13-26)24-33(39)38-31-17-10-9-16-30(31)36-23-11-18-32(36)34(38)28-14-7-4-8-15-28/h3-23,25,34H,24H2,1-2H3. The SMILES string of the molecule is CC(C)N(CC(=O)N1c2ccccc2-n2cccc2C1c1ccccc1)C(=O)c1ccc(-c2ccccc2)cc1. The average molecular weight is 526 g/mol. The third-order valence-electron chi connectivity index (χ3n) is 7.53. The summed E-state index contributed by atoms with van der Waals surface area (Å²) in [5.41, 5.74) is 6.51. The molecule has 1 aromatic heterocycles. The van der Waals surface area contributed by atoms with Crippen LogP contribution in [0.1, 0.15) is 41.5 Å². The molecule has 0 radical (unpaired) electrons. The molecule has 198 valence electrons. The number of rotatable bonds is 6. The van der Waals surface area contributed by atoms with Crippen LogP contribution in [0.3, 0.4) is 0 Å². The Kier molecular flexibility index (Phi) is 6.79. The molecule has 0 aliphatic carbocycles. The van der Waals surface area contributed by atoms with Crippen molar-refractivity contribution in [2.45, 2.75) is 25.9 Å². The molecule has 1 aliphatic rings. The van der Waals surface area contributed by atoms with Crippen LogP contribution in [0, 0.1) is 0 Å². The summed E-state index contributed by atoms with van der Waals surface area (Å²) in [5.74, 6) is -0.287. The quantitative estimate of drug-likeness (QED) is 0.237. The van der Waals surface area contributed by atoms with Crippen LogP contribution in [-0.2, 0) is 4.79 Å². The summed E-state index contributed by atoms with van der Waals surface area (Å²) in [6, 6.07) is 39.3. The lowest BCUT2D eigenvalue weighted by molar-refractivity contribution is -0.120. The number of hydrogen-bond donors (Lipinski definition) is 0. The maximum atomic E-state index is 14.3. The van der Waals surface area contributed by atoms with Gasteiger partial charge in [-0.15, -0.1) is 0 Å². The Morgan fingerprint density at radius 1 is 0.700 bits per heavy atom. The molecule has 0 N–H and O–H groups in total. The van der Waals surface area contributed by atoms with Gasteiger partial charge in [-0.25, -0.2) is 0 Å². The van der Waals surface area contributed by atoms with E-state index in [9.17, 15) is 9.59 Å². The summed E-state index contributed by atoms with van der Waals surface area (Å²) in [4.78, 5) is 31.6. The predicted octanol–water partition coefficient (Wildman–Crippen LogP) is 7.13. The second kappa shape index (κ2) is 10.7. The van der Waals surface area contributed by atoms with Crippen molar-refractivity contribution < 1.29 is 9.59 Å². The molecule has 0 bridgehead atoms. The van der Waals surface area contributed by atoms with Crippen molar-refractivity contribution in [1.82, 2.24) is 9.47 Å². The molecule has 0 spiro atoms. The Labute approximate surface area is 234 Å². The number of para-hydroxylation sites is 2. The van der Waals surface area contributed by atoms with Crippen molar-refractivity contribution in [3.63, 3.8) is 0 Å². The predicted molar refractivity (Wildman–Crippen MR) is 160 cm³/mol. The first-order chi connectivity index (χ1) is 19.5. The van der Waals surface area contributed by atoms with Crippen molar-refractivity contribution in [3.8, 4) is 16.8 Å². The largest absolute Gasteiger partial charge is 0.327 e. The fraction of sp³-hybridized carbons (Fsp3) is 0.143. The van der Waals surface area contributed by atoms with E-state index in [1.807, 2.05) is 128 Å². The van der Waals surface area contributed by atoms with E-state index < -0.39 is 0 Å². The number of anilines is 1. The van der Waals surface area contributed by atoms with Crippen LogP contribution in [0.4, 0.5) is 5.69 Å². The molecule has 0 fully saturated rings. The van der Waals surface area contributed by atoms with E-state index in [1.165, 1.54) is 0 Å². The molecule has 1 aliphatic heterocycles. The minimum Gasteiger partial charge on any atom is -0.327 e. The zero-order chi connectivity index (χ0) is 27.6. The molecule has 40 heavy (non-hydrogen) atoms. The van der Waals surface area contributed by atoms with Crippen LogP contribution in [0.25, 0.3) is 16.8 Å². The summed E-state index contributed by atoms with van der Waals surface area (Å²) in [6.45, 7) is 3.87. The number of amides is 2. The van der Waals surface area contributed by atoms with Crippen LogP contribution in [0.2, 0.25) is 0 Å². The molecular formula is C35H31N3O2. The van der Waals surface area contributed by atoms with Gasteiger partial charge in [-0.05, 0) is 66.9 Å². The smallest absolute Gasteiger partial charge is 0.254 e. The second-order valence-electron chi connectivity index (χ2n) is 10.3. The maximum Gasteiger partial charge on any atom is 0.254 e. The van der Waals surface area contributed by atoms with E-state index in [4.69, 9.17) is 0 Å². The number of aromatic nitrogens is 1. The summed E-state index contributed by atoms with van der Waals surface area (Å²) in [5, 5.41) is 0. The highest BCUT2D eigenvalue weighted by molar-refractivity contribution is 6.03. The number of nitrogens with zero attached hydrogens (tertiary/aromatic N) is 3. The molecule has 2 amide bonds. The Bertz CT molecular complexity index is 1640. The van der Waals surface area contributed by atoms with Crippen molar-refractivity contribution in [2.24, 2.45) is 0 Å². The Hall–Kier alpha value is -4.90. The lowest BCUT2D eigenvalue weighted by atomic mass is 9.97. The number of benzene rings is 4. The van der Waals surface area contributed by atoms with Crippen LogP contribution >= 0.6 is 0 Å². The fourth-order valence-corrected chi connectivity index (χ4v) is 5.53. The van der Waals surface area contributed by atoms with Gasteiger partial charge in [0.15, 0.2) is 0 Å². The van der Waals surface area contributed by atoms with E-state index in [0.717, 1.165) is 33.8 Å². The van der Waals surface area contributed by atoms with Gasteiger partial charge in [0.1, 0.15) is 12.6 Å². The van der Waals surface area contributed by atoms with E-state index in [1.54, 1.807) is 4.90 Å². The summed E-state index contributed by atoms with van der Waals surface area (Å²) < 4.78 is 2.15. The molecule has 0 saturated carbocycles. The van der Waals surface area contributed by atoms with Gasteiger partial charge in [0.25, 0.3) is 5.91 Å². The van der Waals surface area contributed by atoms with Crippen LogP contribution in [0.5, 0.6) is 0 Å². The zero-order valence-corrected chi connectivity index (χ0v) is 22.6. The molecular weight excluding hydrogens is 494 g/mol. The molecule has 1 atom stereocenters. The lowest BCUT2D eigenvalue weighted by Crippen LogP contribution is -2.48. The number of fused-ring (bicyclic) bond motifs is 3. The van der Waals surface area contributed by atoms with Crippen molar-refractivity contribution in [2.75, 3.05) is 11.4 Å². The van der Waals surface area contributed by atoms with Gasteiger partial charge in [-0.2, -0.15) is 0 Å². The van der Waals surface area contributed by atoms with Gasteiger partial charge < -0.3 is 9.47 Å². The monoisotopic (exact) mass is 525 g/mol. The topological polar surface area (TPSA) is 45.6 Å². The fourth-order valence-electron chi connectivity index (χ4n) is 5.53. The third-order valence-corrected chi connectivity index (χ3v) is 7.53.